The lowest BCUT2D eigenvalue weighted by molar-refractivity contribution is -0.120. The molecule has 4 nitrogen and oxygen atoms in total. The fraction of sp³-hybridized carbons (Fsp3) is 0.200. The summed E-state index contributed by atoms with van der Waals surface area (Å²) in [4.78, 5) is 26.4. The van der Waals surface area contributed by atoms with Crippen molar-refractivity contribution < 1.29 is 9.59 Å². The van der Waals surface area contributed by atoms with Crippen LogP contribution in [-0.4, -0.2) is 11.8 Å². The van der Waals surface area contributed by atoms with Crippen LogP contribution in [0, 0.1) is 27.7 Å². The summed E-state index contributed by atoms with van der Waals surface area (Å²) in [5, 5.41) is 2.92. The lowest BCUT2D eigenvalue weighted by Crippen LogP contribution is -2.32. The van der Waals surface area contributed by atoms with Crippen molar-refractivity contribution in [2.45, 2.75) is 27.7 Å². The van der Waals surface area contributed by atoms with Crippen molar-refractivity contribution in [3.63, 3.8) is 0 Å². The molecule has 0 spiro atoms. The Morgan fingerprint density at radius 2 is 1.48 bits per heavy atom. The Labute approximate surface area is 152 Å². The fourth-order valence-corrected chi connectivity index (χ4v) is 3.11. The monoisotopic (exact) mass is 354 g/mol. The van der Waals surface area contributed by atoms with E-state index in [1.165, 1.54) is 0 Å². The number of hydrogen-bond acceptors (Lipinski definition) is 3. The van der Waals surface area contributed by atoms with Gasteiger partial charge in [0.05, 0.1) is 5.69 Å². The molecule has 25 heavy (non-hydrogen) atoms. The first-order chi connectivity index (χ1) is 11.8. The Kier molecular flexibility index (Phi) is 4.39. The van der Waals surface area contributed by atoms with Crippen molar-refractivity contribution in [2.75, 3.05) is 10.2 Å². The number of hydrogen-bond donors (Lipinski definition) is 1. The molecule has 0 unspecified atom stereocenters. The van der Waals surface area contributed by atoms with Gasteiger partial charge in [-0.25, -0.2) is 4.90 Å². The number of nitrogens with one attached hydrogen (secondary N) is 1. The van der Waals surface area contributed by atoms with E-state index in [4.69, 9.17) is 11.6 Å². The van der Waals surface area contributed by atoms with Crippen molar-refractivity contribution in [1.29, 1.82) is 0 Å². The van der Waals surface area contributed by atoms with Gasteiger partial charge in [-0.3, -0.25) is 9.59 Å². The largest absolute Gasteiger partial charge is 0.350 e. The molecule has 1 aliphatic rings. The summed E-state index contributed by atoms with van der Waals surface area (Å²) in [6.07, 6.45) is 0. The van der Waals surface area contributed by atoms with Gasteiger partial charge in [0.15, 0.2) is 0 Å². The molecule has 2 amide bonds. The summed E-state index contributed by atoms with van der Waals surface area (Å²) < 4.78 is 0. The smallest absolute Gasteiger partial charge is 0.283 e. The maximum atomic E-state index is 12.8. The summed E-state index contributed by atoms with van der Waals surface area (Å²) >= 11 is 6.17. The third-order valence-corrected chi connectivity index (χ3v) is 4.62. The average molecular weight is 355 g/mol. The van der Waals surface area contributed by atoms with Gasteiger partial charge >= 0.3 is 0 Å². The third-order valence-electron chi connectivity index (χ3n) is 4.27. The summed E-state index contributed by atoms with van der Waals surface area (Å²) in [5.74, 6) is -0.959. The molecule has 2 aromatic rings. The highest BCUT2D eigenvalue weighted by Crippen LogP contribution is 2.31. The molecule has 1 aliphatic heterocycles. The second-order valence-corrected chi connectivity index (χ2v) is 6.78. The van der Waals surface area contributed by atoms with E-state index >= 15 is 0 Å². The van der Waals surface area contributed by atoms with Crippen LogP contribution in [0.4, 0.5) is 11.4 Å². The van der Waals surface area contributed by atoms with Crippen LogP contribution in [0.5, 0.6) is 0 Å². The average Bonchev–Trinajstić information content (AvgIpc) is 2.73. The van der Waals surface area contributed by atoms with Crippen LogP contribution in [0.2, 0.25) is 0 Å². The number of benzene rings is 2. The second-order valence-electron chi connectivity index (χ2n) is 6.40. The van der Waals surface area contributed by atoms with Crippen LogP contribution in [0.25, 0.3) is 0 Å². The molecule has 3 rings (SSSR count). The number of halogens is 1. The van der Waals surface area contributed by atoms with E-state index < -0.39 is 11.8 Å². The van der Waals surface area contributed by atoms with Crippen LogP contribution in [-0.2, 0) is 9.59 Å². The van der Waals surface area contributed by atoms with E-state index in [1.54, 1.807) is 6.07 Å². The van der Waals surface area contributed by atoms with Crippen LogP contribution in [0.15, 0.2) is 47.1 Å². The Bertz CT molecular complexity index is 911. The maximum absolute atomic E-state index is 12.8. The zero-order valence-corrected chi connectivity index (χ0v) is 15.4. The molecule has 0 aliphatic carbocycles. The molecule has 0 saturated carbocycles. The molecule has 5 heteroatoms. The van der Waals surface area contributed by atoms with Crippen LogP contribution in [0.1, 0.15) is 22.3 Å². The zero-order chi connectivity index (χ0) is 18.3. The topological polar surface area (TPSA) is 49.4 Å². The Balaban J connectivity index is 1.95. The SMILES string of the molecule is Cc1cc(C)cc(NC2=C(Cl)C(=O)N(c3ccc(C)c(C)c3)C2=O)c1. The normalized spacial score (nSPS) is 14.5. The lowest BCUT2D eigenvalue weighted by atomic mass is 10.1. The highest BCUT2D eigenvalue weighted by atomic mass is 35.5. The number of imide groups is 1. The van der Waals surface area contributed by atoms with Gasteiger partial charge in [-0.2, -0.15) is 0 Å². The Morgan fingerprint density at radius 3 is 2.08 bits per heavy atom. The van der Waals surface area contributed by atoms with Gasteiger partial charge in [0, 0.05) is 5.69 Å². The van der Waals surface area contributed by atoms with Gasteiger partial charge in [0.25, 0.3) is 11.8 Å². The summed E-state index contributed by atoms with van der Waals surface area (Å²) in [5.41, 5.74) is 5.57. The molecule has 2 aromatic carbocycles. The maximum Gasteiger partial charge on any atom is 0.283 e. The van der Waals surface area contributed by atoms with Crippen LogP contribution in [0.3, 0.4) is 0 Å². The molecule has 0 aromatic heterocycles. The fourth-order valence-electron chi connectivity index (χ4n) is 2.90. The predicted octanol–water partition coefficient (Wildman–Crippen LogP) is 4.36. The number of carbonyl (C=O) groups is 2. The van der Waals surface area contributed by atoms with E-state index in [0.29, 0.717) is 5.69 Å². The molecule has 128 valence electrons. The molecular weight excluding hydrogens is 336 g/mol. The predicted molar refractivity (Wildman–Crippen MR) is 101 cm³/mol. The first-order valence-corrected chi connectivity index (χ1v) is 8.37. The molecule has 0 radical (unpaired) electrons. The first-order valence-electron chi connectivity index (χ1n) is 7.99. The Hall–Kier alpha value is -2.59. The van der Waals surface area contributed by atoms with Crippen molar-refractivity contribution >= 4 is 34.8 Å². The summed E-state index contributed by atoms with van der Waals surface area (Å²) in [6, 6.07) is 11.3. The van der Waals surface area contributed by atoms with E-state index in [9.17, 15) is 9.59 Å². The minimum absolute atomic E-state index is 0.0950. The minimum Gasteiger partial charge on any atom is -0.350 e. The summed E-state index contributed by atoms with van der Waals surface area (Å²) in [7, 11) is 0. The molecule has 0 bridgehead atoms. The minimum atomic E-state index is -0.512. The first kappa shape index (κ1) is 17.2. The van der Waals surface area contributed by atoms with Crippen molar-refractivity contribution in [2.24, 2.45) is 0 Å². The highest BCUT2D eigenvalue weighted by molar-refractivity contribution is 6.53. The molecule has 1 N–H and O–H groups in total. The lowest BCUT2D eigenvalue weighted by Gasteiger charge is -2.16. The molecule has 0 atom stereocenters. The number of nitrogens with zero attached hydrogens (tertiary/aromatic N) is 1. The number of rotatable bonds is 3. The van der Waals surface area contributed by atoms with E-state index in [1.807, 2.05) is 58.0 Å². The number of anilines is 2. The van der Waals surface area contributed by atoms with E-state index in [-0.39, 0.29) is 10.7 Å². The number of aryl methyl sites for hydroxylation is 4. The highest BCUT2D eigenvalue weighted by Gasteiger charge is 2.39. The molecule has 0 fully saturated rings. The molecular formula is C20H19ClN2O2. The van der Waals surface area contributed by atoms with Gasteiger partial charge in [0.1, 0.15) is 10.7 Å². The number of amides is 2. The van der Waals surface area contributed by atoms with Crippen molar-refractivity contribution in [3.05, 3.63) is 69.4 Å². The van der Waals surface area contributed by atoms with Gasteiger partial charge in [-0.1, -0.05) is 23.7 Å². The summed E-state index contributed by atoms with van der Waals surface area (Å²) in [6.45, 7) is 7.85. The molecule has 0 saturated heterocycles. The Morgan fingerprint density at radius 1 is 0.840 bits per heavy atom. The zero-order valence-electron chi connectivity index (χ0n) is 14.6. The quantitative estimate of drug-likeness (QED) is 0.833. The molecule has 1 heterocycles. The van der Waals surface area contributed by atoms with E-state index in [0.717, 1.165) is 32.8 Å². The van der Waals surface area contributed by atoms with Gasteiger partial charge in [-0.15, -0.1) is 0 Å². The van der Waals surface area contributed by atoms with Crippen molar-refractivity contribution in [1.82, 2.24) is 0 Å². The third kappa shape index (κ3) is 3.17. The number of carbonyl (C=O) groups excluding carboxylic acids is 2. The standard InChI is InChI=1S/C20H19ClN2O2/c1-11-7-12(2)9-15(8-11)22-18-17(21)19(24)23(20(18)25)16-6-5-13(3)14(4)10-16/h5-10,22H,1-4H3. The second kappa shape index (κ2) is 6.37. The van der Waals surface area contributed by atoms with Gasteiger partial charge in [-0.05, 0) is 74.2 Å². The van der Waals surface area contributed by atoms with Crippen LogP contribution >= 0.6 is 11.6 Å². The van der Waals surface area contributed by atoms with Gasteiger partial charge < -0.3 is 5.32 Å². The van der Waals surface area contributed by atoms with Crippen molar-refractivity contribution in [3.8, 4) is 0 Å². The van der Waals surface area contributed by atoms with Crippen LogP contribution < -0.4 is 10.2 Å². The van der Waals surface area contributed by atoms with E-state index in [2.05, 4.69) is 5.32 Å². The van der Waals surface area contributed by atoms with Gasteiger partial charge in [0.2, 0.25) is 0 Å².